The van der Waals surface area contributed by atoms with Gasteiger partial charge < -0.3 is 9.84 Å². The zero-order valence-electron chi connectivity index (χ0n) is 17.6. The minimum Gasteiger partial charge on any atom is -0.356 e. The van der Waals surface area contributed by atoms with Gasteiger partial charge >= 0.3 is 0 Å². The van der Waals surface area contributed by atoms with Crippen molar-refractivity contribution < 1.29 is 9.32 Å². The molecule has 0 fully saturated rings. The highest BCUT2D eigenvalue weighted by atomic mass is 16.5. The lowest BCUT2D eigenvalue weighted by atomic mass is 9.88. The van der Waals surface area contributed by atoms with Crippen LogP contribution in [0.2, 0.25) is 0 Å². The fourth-order valence-corrected chi connectivity index (χ4v) is 3.73. The maximum Gasteiger partial charge on any atom is 0.226 e. The van der Waals surface area contributed by atoms with Gasteiger partial charge in [-0.25, -0.2) is 0 Å². The van der Waals surface area contributed by atoms with Crippen LogP contribution in [-0.4, -0.2) is 17.6 Å². The summed E-state index contributed by atoms with van der Waals surface area (Å²) >= 11 is 0. The van der Waals surface area contributed by atoms with Gasteiger partial charge in [0, 0.05) is 24.1 Å². The number of rotatable bonds is 8. The van der Waals surface area contributed by atoms with E-state index >= 15 is 0 Å². The molecule has 4 nitrogen and oxygen atoms in total. The Morgan fingerprint density at radius 2 is 1.52 bits per heavy atom. The normalized spacial score (nSPS) is 10.9. The van der Waals surface area contributed by atoms with Gasteiger partial charge in [-0.3, -0.25) is 4.79 Å². The molecule has 1 aromatic heterocycles. The van der Waals surface area contributed by atoms with Gasteiger partial charge in [0.1, 0.15) is 0 Å². The molecule has 0 aliphatic heterocycles. The van der Waals surface area contributed by atoms with E-state index in [1.165, 1.54) is 16.7 Å². The van der Waals surface area contributed by atoms with Crippen molar-refractivity contribution in [1.29, 1.82) is 0 Å². The third-order valence-corrected chi connectivity index (χ3v) is 5.40. The van der Waals surface area contributed by atoms with Crippen LogP contribution in [0.25, 0.3) is 11.3 Å². The zero-order valence-corrected chi connectivity index (χ0v) is 17.6. The molecule has 0 unspecified atom stereocenters. The van der Waals surface area contributed by atoms with Crippen molar-refractivity contribution in [1.82, 2.24) is 10.5 Å². The van der Waals surface area contributed by atoms with Gasteiger partial charge in [-0.1, -0.05) is 95.6 Å². The van der Waals surface area contributed by atoms with E-state index in [4.69, 9.17) is 4.52 Å². The summed E-state index contributed by atoms with van der Waals surface area (Å²) in [6, 6.07) is 30.7. The van der Waals surface area contributed by atoms with E-state index in [1.807, 2.05) is 49.4 Å². The number of hydrogen-bond acceptors (Lipinski definition) is 3. The first-order chi connectivity index (χ1) is 15.2. The highest BCUT2D eigenvalue weighted by Crippen LogP contribution is 2.27. The maximum absolute atomic E-state index is 12.5. The van der Waals surface area contributed by atoms with Gasteiger partial charge in [0.2, 0.25) is 5.91 Å². The second kappa shape index (κ2) is 9.90. The van der Waals surface area contributed by atoms with E-state index < -0.39 is 0 Å². The Morgan fingerprint density at radius 3 is 2.13 bits per heavy atom. The summed E-state index contributed by atoms with van der Waals surface area (Å²) in [4.78, 5) is 12.5. The maximum atomic E-state index is 12.5. The first-order valence-electron chi connectivity index (χ1n) is 10.6. The van der Waals surface area contributed by atoms with Crippen molar-refractivity contribution in [2.24, 2.45) is 0 Å². The van der Waals surface area contributed by atoms with E-state index in [0.717, 1.165) is 12.0 Å². The molecular formula is C27H26N2O2. The Morgan fingerprint density at radius 1 is 0.903 bits per heavy atom. The van der Waals surface area contributed by atoms with Crippen LogP contribution < -0.4 is 5.32 Å². The lowest BCUT2D eigenvalue weighted by Gasteiger charge is -2.18. The lowest BCUT2D eigenvalue weighted by Crippen LogP contribution is -2.27. The summed E-state index contributed by atoms with van der Waals surface area (Å²) in [6.45, 7) is 2.63. The van der Waals surface area contributed by atoms with E-state index in [0.29, 0.717) is 18.0 Å². The van der Waals surface area contributed by atoms with Gasteiger partial charge in [0.05, 0.1) is 12.1 Å². The number of nitrogens with one attached hydrogen (secondary N) is 1. The van der Waals surface area contributed by atoms with Gasteiger partial charge in [-0.05, 0) is 24.5 Å². The molecule has 0 atom stereocenters. The number of benzene rings is 3. The summed E-state index contributed by atoms with van der Waals surface area (Å²) in [5, 5.41) is 7.09. The smallest absolute Gasteiger partial charge is 0.226 e. The van der Waals surface area contributed by atoms with Crippen LogP contribution >= 0.6 is 0 Å². The largest absolute Gasteiger partial charge is 0.356 e. The molecule has 156 valence electrons. The summed E-state index contributed by atoms with van der Waals surface area (Å²) in [5.41, 5.74) is 5.28. The van der Waals surface area contributed by atoms with Crippen molar-refractivity contribution >= 4 is 5.91 Å². The molecule has 0 saturated carbocycles. The van der Waals surface area contributed by atoms with E-state index in [-0.39, 0.29) is 18.2 Å². The molecule has 4 rings (SSSR count). The predicted octanol–water partition coefficient (Wildman–Crippen LogP) is 5.53. The summed E-state index contributed by atoms with van der Waals surface area (Å²) in [6.07, 6.45) is 1.03. The van der Waals surface area contributed by atoms with Crippen LogP contribution in [0.3, 0.4) is 0 Å². The summed E-state index contributed by atoms with van der Waals surface area (Å²) in [5.74, 6) is 0.863. The Kier molecular flexibility index (Phi) is 6.58. The molecule has 31 heavy (non-hydrogen) atoms. The predicted molar refractivity (Wildman–Crippen MR) is 123 cm³/mol. The fraction of sp³-hybridized carbons (Fsp3) is 0.185. The first kappa shape index (κ1) is 20.6. The molecule has 0 aliphatic carbocycles. The zero-order chi connectivity index (χ0) is 21.5. The molecular weight excluding hydrogens is 384 g/mol. The van der Waals surface area contributed by atoms with E-state index in [1.54, 1.807) is 0 Å². The van der Waals surface area contributed by atoms with Gasteiger partial charge in [-0.15, -0.1) is 0 Å². The van der Waals surface area contributed by atoms with Gasteiger partial charge in [0.25, 0.3) is 0 Å². The van der Waals surface area contributed by atoms with Crippen molar-refractivity contribution in [2.75, 3.05) is 6.54 Å². The van der Waals surface area contributed by atoms with E-state index in [9.17, 15) is 4.79 Å². The lowest BCUT2D eigenvalue weighted by molar-refractivity contribution is -0.120. The molecule has 0 radical (unpaired) electrons. The molecule has 1 heterocycles. The fourth-order valence-electron chi connectivity index (χ4n) is 3.73. The van der Waals surface area contributed by atoms with Crippen LogP contribution in [0.1, 0.15) is 34.7 Å². The van der Waals surface area contributed by atoms with Crippen LogP contribution in [0.4, 0.5) is 0 Å². The number of carbonyl (C=O) groups excluding carboxylic acids is 1. The monoisotopic (exact) mass is 410 g/mol. The third-order valence-electron chi connectivity index (χ3n) is 5.40. The first-order valence-corrected chi connectivity index (χ1v) is 10.6. The molecule has 0 aliphatic rings. The summed E-state index contributed by atoms with van der Waals surface area (Å²) < 4.78 is 5.42. The highest BCUT2D eigenvalue weighted by Gasteiger charge is 2.15. The number of carbonyl (C=O) groups is 1. The molecule has 4 heteroatoms. The molecule has 0 saturated heterocycles. The molecule has 1 amide bonds. The Bertz CT molecular complexity index is 1060. The minimum absolute atomic E-state index is 0.0522. The number of aryl methyl sites for hydroxylation is 1. The van der Waals surface area contributed by atoms with Crippen molar-refractivity contribution in [3.05, 3.63) is 113 Å². The van der Waals surface area contributed by atoms with Crippen LogP contribution in [0.15, 0.2) is 95.5 Å². The van der Waals surface area contributed by atoms with Crippen LogP contribution in [0, 0.1) is 6.92 Å². The number of hydrogen-bond donors (Lipinski definition) is 1. The van der Waals surface area contributed by atoms with Crippen molar-refractivity contribution in [2.45, 2.75) is 25.7 Å². The van der Waals surface area contributed by atoms with Gasteiger partial charge in [0.15, 0.2) is 5.76 Å². The van der Waals surface area contributed by atoms with E-state index in [2.05, 4.69) is 59.0 Å². The molecule has 1 N–H and O–H groups in total. The second-order valence-corrected chi connectivity index (χ2v) is 7.74. The van der Waals surface area contributed by atoms with Gasteiger partial charge in [-0.2, -0.15) is 0 Å². The Hall–Kier alpha value is -3.66. The Labute approximate surface area is 182 Å². The number of nitrogens with zero attached hydrogens (tertiary/aromatic N) is 1. The summed E-state index contributed by atoms with van der Waals surface area (Å²) in [7, 11) is 0. The average molecular weight is 411 g/mol. The van der Waals surface area contributed by atoms with Crippen molar-refractivity contribution in [3.63, 3.8) is 0 Å². The van der Waals surface area contributed by atoms with Crippen molar-refractivity contribution in [3.8, 4) is 11.3 Å². The molecule has 0 spiro atoms. The highest BCUT2D eigenvalue weighted by molar-refractivity contribution is 5.78. The number of aromatic nitrogens is 1. The Balaban J connectivity index is 1.34. The minimum atomic E-state index is -0.0522. The topological polar surface area (TPSA) is 55.1 Å². The molecule has 3 aromatic carbocycles. The average Bonchev–Trinajstić information content (AvgIpc) is 3.27. The third kappa shape index (κ3) is 5.48. The molecule has 0 bridgehead atoms. The van der Waals surface area contributed by atoms with Crippen LogP contribution in [-0.2, 0) is 11.2 Å². The SMILES string of the molecule is Cc1ccc(-c2cc(CC(=O)NCCC(c3ccccc3)c3ccccc3)no2)cc1. The standard InChI is InChI=1S/C27H26N2O2/c1-20-12-14-23(15-13-20)26-18-24(29-31-26)19-27(30)28-17-16-25(21-8-4-2-5-9-21)22-10-6-3-7-11-22/h2-15,18,25H,16-17,19H2,1H3,(H,28,30). The number of amides is 1. The quantitative estimate of drug-likeness (QED) is 0.415. The van der Waals surface area contributed by atoms with Crippen LogP contribution in [0.5, 0.6) is 0 Å². The molecule has 4 aromatic rings. The second-order valence-electron chi connectivity index (χ2n) is 7.74.